The zero-order valence-corrected chi connectivity index (χ0v) is 32.0. The second-order valence-electron chi connectivity index (χ2n) is 11.1. The minimum atomic E-state index is -0.901. The molecule has 0 saturated heterocycles. The first kappa shape index (κ1) is 38.1. The predicted molar refractivity (Wildman–Crippen MR) is 202 cm³/mol. The van der Waals surface area contributed by atoms with E-state index in [4.69, 9.17) is 23.7 Å². The van der Waals surface area contributed by atoms with Gasteiger partial charge < -0.3 is 34.1 Å². The van der Waals surface area contributed by atoms with Crippen LogP contribution in [0.3, 0.4) is 0 Å². The number of fused-ring (bicyclic) bond motifs is 1. The van der Waals surface area contributed by atoms with Crippen LogP contribution in [-0.4, -0.2) is 61.1 Å². The molecule has 1 amide bonds. The Morgan fingerprint density at radius 1 is 0.962 bits per heavy atom. The molecule has 52 heavy (non-hydrogen) atoms. The fourth-order valence-electron chi connectivity index (χ4n) is 5.44. The number of aromatic nitrogens is 1. The molecule has 0 saturated carbocycles. The number of nitrogens with one attached hydrogen (secondary N) is 1. The SMILES string of the molecule is CCOC(=O)c1ccc(NC(=O)COc2c(I)cc(/C=c3/sc4n(c3=O)[C@@H](c3ccc(O)c(OCC)c3)C(C(=O)OC)=C(C)N=4)cc2OCC)cc1. The summed E-state index contributed by atoms with van der Waals surface area (Å²) in [6.07, 6.45) is 1.70. The fraction of sp³-hybridized carbons (Fsp3) is 0.270. The van der Waals surface area contributed by atoms with E-state index in [2.05, 4.69) is 32.9 Å². The molecule has 1 atom stereocenters. The Kier molecular flexibility index (Phi) is 12.4. The number of methoxy groups -OCH3 is 1. The molecule has 13 nitrogen and oxygen atoms in total. The molecule has 0 aliphatic carbocycles. The van der Waals surface area contributed by atoms with Crippen LogP contribution in [-0.2, 0) is 19.1 Å². The predicted octanol–water partition coefficient (Wildman–Crippen LogP) is 4.71. The van der Waals surface area contributed by atoms with Crippen molar-refractivity contribution in [1.82, 2.24) is 4.57 Å². The summed E-state index contributed by atoms with van der Waals surface area (Å²) in [4.78, 5) is 56.8. The molecule has 2 heterocycles. The van der Waals surface area contributed by atoms with Gasteiger partial charge in [0, 0.05) is 5.69 Å². The maximum Gasteiger partial charge on any atom is 0.338 e. The van der Waals surface area contributed by atoms with Crippen molar-refractivity contribution < 1.29 is 43.2 Å². The minimum absolute atomic E-state index is 0.0757. The number of hydrogen-bond acceptors (Lipinski definition) is 12. The van der Waals surface area contributed by atoms with Crippen LogP contribution in [0.1, 0.15) is 55.2 Å². The van der Waals surface area contributed by atoms with E-state index in [1.807, 2.05) is 6.92 Å². The number of nitrogens with zero attached hydrogens (tertiary/aromatic N) is 2. The maximum atomic E-state index is 14.1. The molecule has 0 radical (unpaired) electrons. The van der Waals surface area contributed by atoms with Crippen LogP contribution >= 0.6 is 33.9 Å². The van der Waals surface area contributed by atoms with E-state index in [0.717, 1.165) is 11.3 Å². The Labute approximate surface area is 316 Å². The number of aromatic hydroxyl groups is 1. The minimum Gasteiger partial charge on any atom is -0.504 e. The third-order valence-corrected chi connectivity index (χ3v) is 9.47. The average molecular weight is 842 g/mol. The van der Waals surface area contributed by atoms with Crippen LogP contribution in [0.25, 0.3) is 6.08 Å². The summed E-state index contributed by atoms with van der Waals surface area (Å²) in [6.45, 7) is 7.54. The van der Waals surface area contributed by atoms with Crippen molar-refractivity contribution in [3.05, 3.63) is 106 Å². The number of carbonyl (C=O) groups excluding carboxylic acids is 3. The fourth-order valence-corrected chi connectivity index (χ4v) is 7.27. The maximum absolute atomic E-state index is 14.1. The van der Waals surface area contributed by atoms with Crippen LogP contribution in [0.5, 0.6) is 23.0 Å². The molecule has 0 spiro atoms. The summed E-state index contributed by atoms with van der Waals surface area (Å²) < 4.78 is 29.9. The molecule has 3 aromatic carbocycles. The molecule has 0 unspecified atom stereocenters. The van der Waals surface area contributed by atoms with E-state index < -0.39 is 29.4 Å². The average Bonchev–Trinajstić information content (AvgIpc) is 3.42. The Morgan fingerprint density at radius 2 is 1.67 bits per heavy atom. The molecule has 272 valence electrons. The monoisotopic (exact) mass is 841 g/mol. The van der Waals surface area contributed by atoms with Crippen molar-refractivity contribution >= 4 is 63.5 Å². The summed E-state index contributed by atoms with van der Waals surface area (Å²) in [6, 6.07) is 13.6. The molecule has 1 aliphatic heterocycles. The third-order valence-electron chi connectivity index (χ3n) is 7.68. The highest BCUT2D eigenvalue weighted by Gasteiger charge is 2.33. The highest BCUT2D eigenvalue weighted by atomic mass is 127. The van der Waals surface area contributed by atoms with Crippen LogP contribution in [0.2, 0.25) is 0 Å². The molecule has 15 heteroatoms. The molecule has 1 aromatic heterocycles. The summed E-state index contributed by atoms with van der Waals surface area (Å²) in [7, 11) is 1.26. The topological polar surface area (TPSA) is 164 Å². The van der Waals surface area contributed by atoms with Gasteiger partial charge in [0.05, 0.1) is 57.9 Å². The quantitative estimate of drug-likeness (QED) is 0.142. The van der Waals surface area contributed by atoms with Gasteiger partial charge in [-0.3, -0.25) is 14.2 Å². The molecular formula is C37H36IN3O10S. The molecule has 0 bridgehead atoms. The highest BCUT2D eigenvalue weighted by molar-refractivity contribution is 14.1. The largest absolute Gasteiger partial charge is 0.504 e. The van der Waals surface area contributed by atoms with Gasteiger partial charge >= 0.3 is 11.9 Å². The van der Waals surface area contributed by atoms with Crippen molar-refractivity contribution in [3.8, 4) is 23.0 Å². The Morgan fingerprint density at radius 3 is 2.35 bits per heavy atom. The van der Waals surface area contributed by atoms with Gasteiger partial charge in [-0.05, 0) is 116 Å². The second kappa shape index (κ2) is 16.9. The number of carbonyl (C=O) groups is 3. The highest BCUT2D eigenvalue weighted by Crippen LogP contribution is 2.37. The molecule has 1 aliphatic rings. The number of phenols is 1. The lowest BCUT2D eigenvalue weighted by Gasteiger charge is -2.24. The van der Waals surface area contributed by atoms with Crippen LogP contribution in [0.15, 0.2) is 75.7 Å². The summed E-state index contributed by atoms with van der Waals surface area (Å²) in [5.74, 6) is -0.657. The van der Waals surface area contributed by atoms with Gasteiger partial charge in [-0.25, -0.2) is 14.6 Å². The Balaban J connectivity index is 1.45. The van der Waals surface area contributed by atoms with Crippen LogP contribution in [0.4, 0.5) is 5.69 Å². The van der Waals surface area contributed by atoms with Gasteiger partial charge in [0.1, 0.15) is 0 Å². The van der Waals surface area contributed by atoms with Crippen molar-refractivity contribution in [3.63, 3.8) is 0 Å². The zero-order chi connectivity index (χ0) is 37.5. The number of allylic oxidation sites excluding steroid dienone is 1. The Hall–Kier alpha value is -5.16. The van der Waals surface area contributed by atoms with E-state index in [-0.39, 0.29) is 30.3 Å². The molecule has 0 fully saturated rings. The molecule has 2 N–H and O–H groups in total. The molecule has 4 aromatic rings. The van der Waals surface area contributed by atoms with E-state index in [0.29, 0.717) is 65.7 Å². The van der Waals surface area contributed by atoms with Gasteiger partial charge in [0.15, 0.2) is 34.4 Å². The normalized spacial score (nSPS) is 13.9. The third kappa shape index (κ3) is 8.31. The number of halogens is 1. The second-order valence-corrected chi connectivity index (χ2v) is 13.3. The van der Waals surface area contributed by atoms with E-state index in [9.17, 15) is 24.3 Å². The number of amides is 1. The molecule has 5 rings (SSSR count). The number of esters is 2. The number of phenolic OH excluding ortho intramolecular Hbond substituents is 1. The first-order chi connectivity index (χ1) is 25.0. The van der Waals surface area contributed by atoms with E-state index >= 15 is 0 Å². The van der Waals surface area contributed by atoms with E-state index in [1.165, 1.54) is 17.7 Å². The lowest BCUT2D eigenvalue weighted by Crippen LogP contribution is -2.39. The molecular weight excluding hydrogens is 805 g/mol. The smallest absolute Gasteiger partial charge is 0.338 e. The van der Waals surface area contributed by atoms with Crippen molar-refractivity contribution in [2.24, 2.45) is 4.99 Å². The summed E-state index contributed by atoms with van der Waals surface area (Å²) >= 11 is 3.23. The number of rotatable bonds is 13. The first-order valence-corrected chi connectivity index (χ1v) is 18.1. The van der Waals surface area contributed by atoms with Crippen molar-refractivity contribution in [1.29, 1.82) is 0 Å². The van der Waals surface area contributed by atoms with Gasteiger partial charge in [-0.1, -0.05) is 17.4 Å². The number of anilines is 1. The lowest BCUT2D eigenvalue weighted by atomic mass is 9.95. The number of thiazole rings is 1. The lowest BCUT2D eigenvalue weighted by molar-refractivity contribution is -0.136. The van der Waals surface area contributed by atoms with Gasteiger partial charge in [0.25, 0.3) is 11.5 Å². The summed E-state index contributed by atoms with van der Waals surface area (Å²) in [5.41, 5.74) is 2.18. The number of ether oxygens (including phenoxy) is 5. The zero-order valence-electron chi connectivity index (χ0n) is 29.0. The summed E-state index contributed by atoms with van der Waals surface area (Å²) in [5, 5.41) is 13.1. The number of benzene rings is 3. The van der Waals surface area contributed by atoms with Crippen LogP contribution < -0.4 is 34.4 Å². The standard InChI is InChI=1S/C37H36IN3O10S/c1-6-48-27-18-23(11-14-26(27)42)32-31(36(46)47-5)20(4)39-37-41(32)34(44)29(52-37)17-21-15-25(38)33(28(16-21)49-7-2)51-19-30(43)40-24-12-9-22(10-13-24)35(45)50-8-3/h9-18,32,42H,6-8,19H2,1-5H3,(H,40,43)/b29-17+/t32-/m0/s1. The first-order valence-electron chi connectivity index (χ1n) is 16.2. The van der Waals surface area contributed by atoms with Gasteiger partial charge in [-0.15, -0.1) is 0 Å². The van der Waals surface area contributed by atoms with Crippen molar-refractivity contribution in [2.75, 3.05) is 38.9 Å². The van der Waals surface area contributed by atoms with Crippen LogP contribution in [0, 0.1) is 3.57 Å². The van der Waals surface area contributed by atoms with Gasteiger partial charge in [-0.2, -0.15) is 0 Å². The number of hydrogen-bond donors (Lipinski definition) is 2. The van der Waals surface area contributed by atoms with Gasteiger partial charge in [0.2, 0.25) is 0 Å². The van der Waals surface area contributed by atoms with E-state index in [1.54, 1.807) is 75.4 Å². The Bertz CT molecular complexity index is 2230. The van der Waals surface area contributed by atoms with Crippen molar-refractivity contribution in [2.45, 2.75) is 33.7 Å².